The van der Waals surface area contributed by atoms with Crippen LogP contribution >= 0.6 is 0 Å². The van der Waals surface area contributed by atoms with Crippen molar-refractivity contribution in [2.75, 3.05) is 12.8 Å². The number of nitrogen functional groups attached to an aromatic ring is 1. The van der Waals surface area contributed by atoms with Gasteiger partial charge < -0.3 is 10.5 Å². The standard InChI is InChI=1S/C11H10N4O4/c1-19-11(16)9-6-13-14(10(9)12)7-3-2-4-8(5-7)15(17)18/h2-6H,12H2,1H3. The zero-order valence-electron chi connectivity index (χ0n) is 9.94. The third-order valence-corrected chi connectivity index (χ3v) is 2.50. The number of aromatic nitrogens is 2. The van der Waals surface area contributed by atoms with Crippen molar-refractivity contribution in [3.8, 4) is 5.69 Å². The van der Waals surface area contributed by atoms with Gasteiger partial charge in [-0.2, -0.15) is 5.10 Å². The van der Waals surface area contributed by atoms with Crippen LogP contribution in [0.1, 0.15) is 10.4 Å². The van der Waals surface area contributed by atoms with Gasteiger partial charge in [-0.05, 0) is 6.07 Å². The van der Waals surface area contributed by atoms with Crippen molar-refractivity contribution >= 4 is 17.5 Å². The maximum absolute atomic E-state index is 11.4. The maximum Gasteiger partial charge on any atom is 0.343 e. The van der Waals surface area contributed by atoms with E-state index in [0.717, 1.165) is 0 Å². The average Bonchev–Trinajstić information content (AvgIpc) is 2.80. The Morgan fingerprint density at radius 1 is 1.53 bits per heavy atom. The van der Waals surface area contributed by atoms with Crippen LogP contribution in [0.15, 0.2) is 30.5 Å². The summed E-state index contributed by atoms with van der Waals surface area (Å²) in [5, 5.41) is 14.6. The minimum Gasteiger partial charge on any atom is -0.465 e. The molecular formula is C11H10N4O4. The smallest absolute Gasteiger partial charge is 0.343 e. The summed E-state index contributed by atoms with van der Waals surface area (Å²) in [4.78, 5) is 21.6. The van der Waals surface area contributed by atoms with E-state index in [1.807, 2.05) is 0 Å². The van der Waals surface area contributed by atoms with Crippen LogP contribution in [0.2, 0.25) is 0 Å². The fourth-order valence-electron chi connectivity index (χ4n) is 1.57. The van der Waals surface area contributed by atoms with E-state index >= 15 is 0 Å². The third kappa shape index (κ3) is 2.23. The van der Waals surface area contributed by atoms with Crippen molar-refractivity contribution < 1.29 is 14.5 Å². The number of non-ortho nitro benzene ring substituents is 1. The number of nitrogens with two attached hydrogens (primary N) is 1. The van der Waals surface area contributed by atoms with E-state index < -0.39 is 10.9 Å². The second-order valence-electron chi connectivity index (χ2n) is 3.62. The molecule has 0 fully saturated rings. The molecule has 0 unspecified atom stereocenters. The Bertz CT molecular complexity index is 650. The minimum absolute atomic E-state index is 0.0624. The van der Waals surface area contributed by atoms with E-state index in [9.17, 15) is 14.9 Å². The van der Waals surface area contributed by atoms with E-state index in [-0.39, 0.29) is 17.1 Å². The first kappa shape index (κ1) is 12.6. The summed E-state index contributed by atoms with van der Waals surface area (Å²) in [6.45, 7) is 0. The summed E-state index contributed by atoms with van der Waals surface area (Å²) >= 11 is 0. The molecule has 0 amide bonds. The molecule has 1 heterocycles. The van der Waals surface area contributed by atoms with Crippen LogP contribution in [0.25, 0.3) is 5.69 Å². The molecule has 0 radical (unpaired) electrons. The molecule has 0 bridgehead atoms. The molecule has 2 aromatic rings. The summed E-state index contributed by atoms with van der Waals surface area (Å²) in [5.74, 6) is -0.554. The van der Waals surface area contributed by atoms with Gasteiger partial charge >= 0.3 is 5.97 Å². The first-order valence-corrected chi connectivity index (χ1v) is 5.21. The number of carbonyl (C=O) groups excluding carboxylic acids is 1. The molecule has 0 saturated heterocycles. The van der Waals surface area contributed by atoms with Crippen LogP contribution in [0.4, 0.5) is 11.5 Å². The van der Waals surface area contributed by atoms with Crippen LogP contribution in [0.5, 0.6) is 0 Å². The van der Waals surface area contributed by atoms with E-state index in [0.29, 0.717) is 5.69 Å². The van der Waals surface area contributed by atoms with Gasteiger partial charge in [0, 0.05) is 12.1 Å². The normalized spacial score (nSPS) is 10.2. The highest BCUT2D eigenvalue weighted by Crippen LogP contribution is 2.21. The number of esters is 1. The van der Waals surface area contributed by atoms with E-state index in [4.69, 9.17) is 5.73 Å². The monoisotopic (exact) mass is 262 g/mol. The number of nitro groups is 1. The number of methoxy groups -OCH3 is 1. The van der Waals surface area contributed by atoms with Gasteiger partial charge in [0.2, 0.25) is 0 Å². The van der Waals surface area contributed by atoms with Gasteiger partial charge in [-0.3, -0.25) is 10.1 Å². The summed E-state index contributed by atoms with van der Waals surface area (Å²) < 4.78 is 5.78. The molecule has 2 rings (SSSR count). The molecule has 1 aromatic heterocycles. The van der Waals surface area contributed by atoms with Crippen LogP contribution in [0, 0.1) is 10.1 Å². The number of benzene rings is 1. The fraction of sp³-hybridized carbons (Fsp3) is 0.0909. The number of ether oxygens (including phenoxy) is 1. The molecule has 1 aromatic carbocycles. The third-order valence-electron chi connectivity index (χ3n) is 2.50. The predicted molar refractivity (Wildman–Crippen MR) is 66.0 cm³/mol. The first-order chi connectivity index (χ1) is 9.04. The first-order valence-electron chi connectivity index (χ1n) is 5.21. The number of carbonyl (C=O) groups is 1. The number of hydrogen-bond donors (Lipinski definition) is 1. The molecular weight excluding hydrogens is 252 g/mol. The van der Waals surface area contributed by atoms with Crippen molar-refractivity contribution in [3.05, 3.63) is 46.1 Å². The molecule has 0 aliphatic carbocycles. The largest absolute Gasteiger partial charge is 0.465 e. The Labute approximate surface area is 107 Å². The van der Waals surface area contributed by atoms with Gasteiger partial charge in [-0.25, -0.2) is 9.48 Å². The summed E-state index contributed by atoms with van der Waals surface area (Å²) in [6, 6.07) is 5.76. The Hall–Kier alpha value is -2.90. The van der Waals surface area contributed by atoms with E-state index in [1.54, 1.807) is 6.07 Å². The Kier molecular flexibility index (Phi) is 3.15. The number of hydrogen-bond acceptors (Lipinski definition) is 6. The lowest BCUT2D eigenvalue weighted by Crippen LogP contribution is -2.07. The van der Waals surface area contributed by atoms with E-state index in [2.05, 4.69) is 9.84 Å². The topological polar surface area (TPSA) is 113 Å². The highest BCUT2D eigenvalue weighted by molar-refractivity contribution is 5.94. The summed E-state index contributed by atoms with van der Waals surface area (Å²) in [7, 11) is 1.23. The van der Waals surface area contributed by atoms with Crippen molar-refractivity contribution in [1.82, 2.24) is 9.78 Å². The van der Waals surface area contributed by atoms with Crippen LogP contribution < -0.4 is 5.73 Å². The maximum atomic E-state index is 11.4. The van der Waals surface area contributed by atoms with Gasteiger partial charge in [0.05, 0.1) is 23.9 Å². The fourth-order valence-corrected chi connectivity index (χ4v) is 1.57. The Morgan fingerprint density at radius 3 is 2.89 bits per heavy atom. The van der Waals surface area contributed by atoms with Crippen molar-refractivity contribution in [1.29, 1.82) is 0 Å². The predicted octanol–water partition coefficient (Wildman–Crippen LogP) is 1.15. The molecule has 8 heteroatoms. The van der Waals surface area contributed by atoms with Gasteiger partial charge in [-0.1, -0.05) is 6.07 Å². The second-order valence-corrected chi connectivity index (χ2v) is 3.62. The van der Waals surface area contributed by atoms with E-state index in [1.165, 1.54) is 36.2 Å². The Balaban J connectivity index is 2.48. The van der Waals surface area contributed by atoms with Gasteiger partial charge in [-0.15, -0.1) is 0 Å². The van der Waals surface area contributed by atoms with Gasteiger partial charge in [0.25, 0.3) is 5.69 Å². The summed E-state index contributed by atoms with van der Waals surface area (Å²) in [5.41, 5.74) is 6.17. The number of rotatable bonds is 3. The lowest BCUT2D eigenvalue weighted by atomic mass is 10.3. The Morgan fingerprint density at radius 2 is 2.26 bits per heavy atom. The molecule has 0 spiro atoms. The average molecular weight is 262 g/mol. The van der Waals surface area contributed by atoms with Gasteiger partial charge in [0.15, 0.2) is 0 Å². The lowest BCUT2D eigenvalue weighted by molar-refractivity contribution is -0.384. The molecule has 0 atom stereocenters. The van der Waals surface area contributed by atoms with Gasteiger partial charge in [0.1, 0.15) is 11.4 Å². The molecule has 98 valence electrons. The van der Waals surface area contributed by atoms with Crippen LogP contribution in [-0.2, 0) is 4.74 Å². The minimum atomic E-state index is -0.616. The number of nitro benzene ring substituents is 1. The molecule has 8 nitrogen and oxygen atoms in total. The number of nitrogens with zero attached hydrogens (tertiary/aromatic N) is 3. The quantitative estimate of drug-likeness (QED) is 0.504. The molecule has 0 aliphatic rings. The zero-order valence-corrected chi connectivity index (χ0v) is 9.94. The highest BCUT2D eigenvalue weighted by Gasteiger charge is 2.17. The highest BCUT2D eigenvalue weighted by atomic mass is 16.6. The zero-order chi connectivity index (χ0) is 14.0. The van der Waals surface area contributed by atoms with Crippen LogP contribution in [-0.4, -0.2) is 27.8 Å². The lowest BCUT2D eigenvalue weighted by Gasteiger charge is -2.04. The summed E-state index contributed by atoms with van der Waals surface area (Å²) in [6.07, 6.45) is 1.25. The second kappa shape index (κ2) is 4.77. The molecule has 0 saturated carbocycles. The van der Waals surface area contributed by atoms with Crippen molar-refractivity contribution in [3.63, 3.8) is 0 Å². The number of anilines is 1. The molecule has 2 N–H and O–H groups in total. The SMILES string of the molecule is COC(=O)c1cnn(-c2cccc([N+](=O)[O-])c2)c1N. The van der Waals surface area contributed by atoms with Crippen molar-refractivity contribution in [2.24, 2.45) is 0 Å². The van der Waals surface area contributed by atoms with Crippen molar-refractivity contribution in [2.45, 2.75) is 0 Å². The molecule has 0 aliphatic heterocycles. The molecule has 19 heavy (non-hydrogen) atoms. The van der Waals surface area contributed by atoms with Crippen LogP contribution in [0.3, 0.4) is 0 Å².